The van der Waals surface area contributed by atoms with E-state index in [4.69, 9.17) is 11.6 Å². The predicted molar refractivity (Wildman–Crippen MR) is 51.8 cm³/mol. The lowest BCUT2D eigenvalue weighted by molar-refractivity contribution is -0.109. The lowest BCUT2D eigenvalue weighted by Gasteiger charge is -1.95. The average molecular weight is 189 g/mol. The molecule has 0 aromatic heterocycles. The molecule has 0 aliphatic carbocycles. The first-order valence-corrected chi connectivity index (χ1v) is 4.33. The molecule has 3 heteroatoms. The van der Waals surface area contributed by atoms with Gasteiger partial charge in [-0.1, -0.05) is 25.3 Å². The summed E-state index contributed by atoms with van der Waals surface area (Å²) in [4.78, 5) is 11.2. The molecule has 0 bridgehead atoms. The van der Waals surface area contributed by atoms with Crippen LogP contribution in [0.3, 0.4) is 0 Å². The normalized spacial score (nSPS) is 10.8. The van der Waals surface area contributed by atoms with E-state index in [0.717, 1.165) is 4.91 Å². The molecule has 0 aromatic rings. The molecule has 0 heterocycles. The third-order valence-corrected chi connectivity index (χ3v) is 2.17. The van der Waals surface area contributed by atoms with Crippen molar-refractivity contribution in [1.29, 1.82) is 0 Å². The van der Waals surface area contributed by atoms with Crippen molar-refractivity contribution in [3.05, 3.63) is 36.3 Å². The first-order chi connectivity index (χ1) is 5.20. The van der Waals surface area contributed by atoms with Gasteiger partial charge in [-0.15, -0.1) is 11.8 Å². The van der Waals surface area contributed by atoms with Gasteiger partial charge in [0.1, 0.15) is 0 Å². The molecule has 0 spiro atoms. The number of hydrogen-bond donors (Lipinski definition) is 0. The zero-order chi connectivity index (χ0) is 8.69. The molecule has 0 saturated heterocycles. The minimum absolute atomic E-state index is 0.271. The monoisotopic (exact) mass is 188 g/mol. The summed E-state index contributed by atoms with van der Waals surface area (Å²) in [5, 5.41) is -0.355. The van der Waals surface area contributed by atoms with Crippen LogP contribution in [0.25, 0.3) is 0 Å². The highest BCUT2D eigenvalue weighted by Gasteiger charge is 1.97. The Morgan fingerprint density at radius 2 is 2.18 bits per heavy atom. The predicted octanol–water partition coefficient (Wildman–Crippen LogP) is 2.74. The van der Waals surface area contributed by atoms with E-state index in [-0.39, 0.29) is 11.0 Å². The van der Waals surface area contributed by atoms with E-state index in [0.29, 0.717) is 0 Å². The first kappa shape index (κ1) is 10.5. The van der Waals surface area contributed by atoms with Gasteiger partial charge >= 0.3 is 0 Å². The smallest absolute Gasteiger partial charge is 0.231 e. The molecule has 0 amide bonds. The van der Waals surface area contributed by atoms with Gasteiger partial charge in [-0.2, -0.15) is 0 Å². The second-order valence-electron chi connectivity index (χ2n) is 1.65. The van der Waals surface area contributed by atoms with E-state index in [1.165, 1.54) is 11.8 Å². The van der Waals surface area contributed by atoms with Crippen LogP contribution < -0.4 is 0 Å². The van der Waals surface area contributed by atoms with Crippen LogP contribution in [0.5, 0.6) is 0 Å². The Bertz CT molecular complexity index is 196. The molecular formula is C8H9ClOS. The molecule has 0 radical (unpaired) electrons. The van der Waals surface area contributed by atoms with Crippen LogP contribution in [0.15, 0.2) is 36.3 Å². The Labute approximate surface area is 75.8 Å². The number of allylic oxidation sites excluding steroid dienone is 3. The van der Waals surface area contributed by atoms with Crippen LogP contribution in [0, 0.1) is 0 Å². The number of rotatable bonds is 5. The summed E-state index contributed by atoms with van der Waals surface area (Å²) in [5.41, 5.74) is 0. The first-order valence-electron chi connectivity index (χ1n) is 2.97. The Hall–Kier alpha value is -0.470. The van der Waals surface area contributed by atoms with Gasteiger partial charge in [-0.3, -0.25) is 4.79 Å². The van der Waals surface area contributed by atoms with Crippen LogP contribution in [0.2, 0.25) is 0 Å². The molecule has 0 rings (SSSR count). The van der Waals surface area contributed by atoms with Gasteiger partial charge in [-0.05, 0) is 17.7 Å². The van der Waals surface area contributed by atoms with Crippen LogP contribution >= 0.6 is 23.4 Å². The Kier molecular flexibility index (Phi) is 5.99. The average Bonchev–Trinajstić information content (AvgIpc) is 1.97. The summed E-state index contributed by atoms with van der Waals surface area (Å²) in [5.74, 6) is 0.271. The fourth-order valence-electron chi connectivity index (χ4n) is 0.431. The third kappa shape index (κ3) is 5.95. The van der Waals surface area contributed by atoms with E-state index in [2.05, 4.69) is 13.2 Å². The summed E-state index contributed by atoms with van der Waals surface area (Å²) < 4.78 is 0. The van der Waals surface area contributed by atoms with Crippen molar-refractivity contribution in [3.8, 4) is 0 Å². The molecule has 1 nitrogen and oxygen atoms in total. The molecule has 11 heavy (non-hydrogen) atoms. The summed E-state index contributed by atoms with van der Waals surface area (Å²) in [6, 6.07) is 0. The van der Waals surface area contributed by atoms with Crippen molar-refractivity contribution < 1.29 is 4.79 Å². The molecule has 0 atom stereocenters. The number of hydrogen-bond acceptors (Lipinski definition) is 2. The van der Waals surface area contributed by atoms with Gasteiger partial charge in [0.25, 0.3) is 0 Å². The van der Waals surface area contributed by atoms with Crippen molar-refractivity contribution >= 4 is 28.6 Å². The van der Waals surface area contributed by atoms with Gasteiger partial charge in [0.05, 0.1) is 5.75 Å². The standard InChI is InChI=1S/C8H9ClOS/c1-3-5-7(4-2)11-6-8(9)10/h3-5H,1-2,6H2/b7-5+. The van der Waals surface area contributed by atoms with Crippen molar-refractivity contribution in [2.45, 2.75) is 0 Å². The topological polar surface area (TPSA) is 17.1 Å². The van der Waals surface area contributed by atoms with Crippen molar-refractivity contribution in [3.63, 3.8) is 0 Å². The summed E-state index contributed by atoms with van der Waals surface area (Å²) in [6.07, 6.45) is 5.08. The van der Waals surface area contributed by atoms with Gasteiger partial charge in [0.15, 0.2) is 0 Å². The Morgan fingerprint density at radius 3 is 2.55 bits per heavy atom. The molecule has 0 aromatic carbocycles. The zero-order valence-corrected chi connectivity index (χ0v) is 7.62. The van der Waals surface area contributed by atoms with Crippen molar-refractivity contribution in [1.82, 2.24) is 0 Å². The molecule has 0 N–H and O–H groups in total. The number of carbonyl (C=O) groups excluding carboxylic acids is 1. The SMILES string of the molecule is C=C/C=C(\C=C)SCC(=O)Cl. The molecule has 0 aliphatic rings. The zero-order valence-electron chi connectivity index (χ0n) is 6.05. The molecule has 0 aliphatic heterocycles. The fraction of sp³-hybridized carbons (Fsp3) is 0.125. The van der Waals surface area contributed by atoms with E-state index in [9.17, 15) is 4.79 Å². The summed E-state index contributed by atoms with van der Waals surface area (Å²) in [7, 11) is 0. The fourth-order valence-corrected chi connectivity index (χ4v) is 1.19. The highest BCUT2D eigenvalue weighted by Crippen LogP contribution is 2.16. The molecule has 0 saturated carbocycles. The van der Waals surface area contributed by atoms with Crippen LogP contribution in [-0.4, -0.2) is 11.0 Å². The van der Waals surface area contributed by atoms with Crippen molar-refractivity contribution in [2.75, 3.05) is 5.75 Å². The maximum atomic E-state index is 10.3. The summed E-state index contributed by atoms with van der Waals surface area (Å²) in [6.45, 7) is 7.09. The Balaban J connectivity index is 3.88. The quantitative estimate of drug-likeness (QED) is 0.488. The number of thioether (sulfide) groups is 1. The lowest BCUT2D eigenvalue weighted by Crippen LogP contribution is -1.88. The van der Waals surface area contributed by atoms with Gasteiger partial charge in [0, 0.05) is 4.91 Å². The van der Waals surface area contributed by atoms with E-state index < -0.39 is 0 Å². The minimum atomic E-state index is -0.355. The van der Waals surface area contributed by atoms with Crippen LogP contribution in [-0.2, 0) is 4.79 Å². The summed E-state index contributed by atoms with van der Waals surface area (Å²) >= 11 is 6.48. The highest BCUT2D eigenvalue weighted by atomic mass is 35.5. The largest absolute Gasteiger partial charge is 0.280 e. The Morgan fingerprint density at radius 1 is 1.55 bits per heavy atom. The number of carbonyl (C=O) groups is 1. The van der Waals surface area contributed by atoms with Crippen LogP contribution in [0.1, 0.15) is 0 Å². The van der Waals surface area contributed by atoms with E-state index in [1.807, 2.05) is 0 Å². The van der Waals surface area contributed by atoms with Crippen LogP contribution in [0.4, 0.5) is 0 Å². The molecule has 0 unspecified atom stereocenters. The maximum absolute atomic E-state index is 10.3. The lowest BCUT2D eigenvalue weighted by atomic mass is 10.5. The molecular weight excluding hydrogens is 180 g/mol. The highest BCUT2D eigenvalue weighted by molar-refractivity contribution is 8.04. The minimum Gasteiger partial charge on any atom is -0.280 e. The molecule has 60 valence electrons. The maximum Gasteiger partial charge on any atom is 0.231 e. The van der Waals surface area contributed by atoms with E-state index in [1.54, 1.807) is 18.2 Å². The van der Waals surface area contributed by atoms with Crippen molar-refractivity contribution in [2.24, 2.45) is 0 Å². The third-order valence-electron chi connectivity index (χ3n) is 0.836. The van der Waals surface area contributed by atoms with Gasteiger partial charge < -0.3 is 0 Å². The second-order valence-corrected chi connectivity index (χ2v) is 3.12. The number of halogens is 1. The van der Waals surface area contributed by atoms with Gasteiger partial charge in [0.2, 0.25) is 5.24 Å². The van der Waals surface area contributed by atoms with E-state index >= 15 is 0 Å². The molecule has 0 fully saturated rings. The van der Waals surface area contributed by atoms with Gasteiger partial charge in [-0.25, -0.2) is 0 Å². The second kappa shape index (κ2) is 6.25.